The largest absolute Gasteiger partial charge is 0.481 e. The van der Waals surface area contributed by atoms with Crippen LogP contribution in [0.15, 0.2) is 34.3 Å². The quantitative estimate of drug-likeness (QED) is 0.627. The van der Waals surface area contributed by atoms with Gasteiger partial charge in [-0.3, -0.25) is 0 Å². The maximum absolute atomic E-state index is 5.53. The lowest BCUT2D eigenvalue weighted by molar-refractivity contribution is 0.284. The number of nitrogens with two attached hydrogens (primary N) is 2. The van der Waals surface area contributed by atoms with Crippen molar-refractivity contribution in [3.8, 4) is 0 Å². The van der Waals surface area contributed by atoms with Crippen LogP contribution in [0.5, 0.6) is 0 Å². The maximum atomic E-state index is 5.53. The molecule has 0 amide bonds. The van der Waals surface area contributed by atoms with Crippen molar-refractivity contribution in [2.45, 2.75) is 0 Å². The van der Waals surface area contributed by atoms with E-state index in [0.717, 1.165) is 0 Å². The van der Waals surface area contributed by atoms with Gasteiger partial charge in [-0.2, -0.15) is 0 Å². The summed E-state index contributed by atoms with van der Waals surface area (Å²) in [4.78, 5) is 7.92. The smallest absolute Gasteiger partial charge is 0.213 e. The van der Waals surface area contributed by atoms with E-state index in [1.807, 2.05) is 0 Å². The Morgan fingerprint density at radius 1 is 1.77 bits per heavy atom. The fraction of sp³-hybridized carbons (Fsp3) is 0.143. The van der Waals surface area contributed by atoms with Gasteiger partial charge in [-0.1, -0.05) is 6.58 Å². The van der Waals surface area contributed by atoms with Crippen LogP contribution in [-0.2, 0) is 4.74 Å². The molecular weight excluding hydrogens is 188 g/mol. The molecule has 4 N–H and O–H groups in total. The second-order valence-corrected chi connectivity index (χ2v) is 3.10. The van der Waals surface area contributed by atoms with E-state index >= 15 is 0 Å². The summed E-state index contributed by atoms with van der Waals surface area (Å²) in [5.41, 5.74) is 11.5. The normalized spacial score (nSPS) is 22.8. The van der Waals surface area contributed by atoms with Crippen molar-refractivity contribution in [1.29, 1.82) is 0 Å². The van der Waals surface area contributed by atoms with E-state index in [0.29, 0.717) is 15.9 Å². The third kappa shape index (κ3) is 2.03. The van der Waals surface area contributed by atoms with Gasteiger partial charge in [0.2, 0.25) is 5.88 Å². The molecule has 5 nitrogen and oxygen atoms in total. The van der Waals surface area contributed by atoms with Crippen molar-refractivity contribution in [3.63, 3.8) is 0 Å². The Hall–Kier alpha value is -1.43. The van der Waals surface area contributed by atoms with Gasteiger partial charge in [0.05, 0.1) is 7.11 Å². The van der Waals surface area contributed by atoms with Gasteiger partial charge >= 0.3 is 0 Å². The Morgan fingerprint density at radius 2 is 2.46 bits per heavy atom. The molecule has 1 aliphatic heterocycles. The van der Waals surface area contributed by atoms with Gasteiger partial charge < -0.3 is 16.2 Å². The highest BCUT2D eigenvalue weighted by molar-refractivity contribution is 8.27. The zero-order valence-corrected chi connectivity index (χ0v) is 7.97. The van der Waals surface area contributed by atoms with Crippen LogP contribution in [0.2, 0.25) is 0 Å². The fourth-order valence-electron chi connectivity index (χ4n) is 0.756. The molecule has 0 spiro atoms. The summed E-state index contributed by atoms with van der Waals surface area (Å²) < 4.78 is 4.83. The maximum Gasteiger partial charge on any atom is 0.213 e. The lowest BCUT2D eigenvalue weighted by atomic mass is 10.5. The number of aliphatic imine (C=N–C) groups is 2. The minimum atomic E-state index is 0.202. The zero-order chi connectivity index (χ0) is 9.84. The van der Waals surface area contributed by atoms with E-state index in [1.54, 1.807) is 0 Å². The lowest BCUT2D eigenvalue weighted by Crippen LogP contribution is -2.06. The van der Waals surface area contributed by atoms with Gasteiger partial charge in [-0.05, 0) is 11.8 Å². The van der Waals surface area contributed by atoms with Gasteiger partial charge in [-0.15, -0.1) is 0 Å². The molecule has 0 atom stereocenters. The SMILES string of the molecule is C=C/N=C1/SC(N)=N/C1=C(/N)OC. The van der Waals surface area contributed by atoms with Crippen molar-refractivity contribution in [3.05, 3.63) is 24.4 Å². The predicted molar refractivity (Wildman–Crippen MR) is 55.1 cm³/mol. The average molecular weight is 198 g/mol. The molecule has 13 heavy (non-hydrogen) atoms. The van der Waals surface area contributed by atoms with Crippen molar-refractivity contribution in [2.75, 3.05) is 7.11 Å². The third-order valence-electron chi connectivity index (χ3n) is 1.29. The molecule has 0 radical (unpaired) electrons. The molecule has 6 heteroatoms. The summed E-state index contributed by atoms with van der Waals surface area (Å²) in [7, 11) is 1.46. The van der Waals surface area contributed by atoms with E-state index in [-0.39, 0.29) is 5.88 Å². The molecule has 1 rings (SSSR count). The van der Waals surface area contributed by atoms with Crippen molar-refractivity contribution >= 4 is 22.0 Å². The van der Waals surface area contributed by atoms with Crippen LogP contribution >= 0.6 is 11.8 Å². The minimum absolute atomic E-state index is 0.202. The fourth-order valence-corrected chi connectivity index (χ4v) is 1.46. The molecular formula is C7H10N4OS. The second kappa shape index (κ2) is 3.99. The molecule has 0 aromatic heterocycles. The van der Waals surface area contributed by atoms with Crippen LogP contribution < -0.4 is 11.5 Å². The number of ether oxygens (including phenoxy) is 1. The second-order valence-electron chi connectivity index (χ2n) is 2.09. The third-order valence-corrected chi connectivity index (χ3v) is 2.08. The Balaban J connectivity index is 3.07. The Morgan fingerprint density at radius 3 is 3.00 bits per heavy atom. The molecule has 0 bridgehead atoms. The van der Waals surface area contributed by atoms with Crippen molar-refractivity contribution in [1.82, 2.24) is 0 Å². The molecule has 0 aliphatic carbocycles. The Kier molecular flexibility index (Phi) is 2.97. The minimum Gasteiger partial charge on any atom is -0.481 e. The summed E-state index contributed by atoms with van der Waals surface area (Å²) in [6, 6.07) is 0. The number of nitrogens with zero attached hydrogens (tertiary/aromatic N) is 2. The number of amidine groups is 1. The predicted octanol–water partition coefficient (Wildman–Crippen LogP) is 0.364. The summed E-state index contributed by atoms with van der Waals surface area (Å²) in [5, 5.41) is 1.00. The molecule has 0 saturated heterocycles. The molecule has 0 saturated carbocycles. The van der Waals surface area contributed by atoms with E-state index in [4.69, 9.17) is 16.2 Å². The van der Waals surface area contributed by atoms with Crippen molar-refractivity contribution in [2.24, 2.45) is 21.5 Å². The molecule has 0 unspecified atom stereocenters. The van der Waals surface area contributed by atoms with E-state index in [9.17, 15) is 0 Å². The van der Waals surface area contributed by atoms with Crippen LogP contribution in [0.1, 0.15) is 0 Å². The standard InChI is InChI=1S/C7H10N4OS/c1-3-10-6-4(5(8)12-2)11-7(9)13-6/h3H,1,8H2,2H3,(H2,9,11)/b5-4-,10-6+. The number of hydrogen-bond donors (Lipinski definition) is 2. The summed E-state index contributed by atoms with van der Waals surface area (Å²) in [5.74, 6) is 0.202. The number of methoxy groups -OCH3 is 1. The highest BCUT2D eigenvalue weighted by Gasteiger charge is 2.21. The van der Waals surface area contributed by atoms with E-state index < -0.39 is 0 Å². The van der Waals surface area contributed by atoms with E-state index in [2.05, 4.69) is 16.6 Å². The number of hydrogen-bond acceptors (Lipinski definition) is 6. The molecule has 1 aliphatic rings. The Bertz CT molecular complexity index is 318. The Labute approximate surface area is 80.3 Å². The first-order chi connectivity index (χ1) is 6.19. The van der Waals surface area contributed by atoms with Crippen LogP contribution in [0.3, 0.4) is 0 Å². The summed E-state index contributed by atoms with van der Waals surface area (Å²) in [6.45, 7) is 3.47. The van der Waals surface area contributed by atoms with Crippen LogP contribution in [-0.4, -0.2) is 17.3 Å². The number of thioether (sulfide) groups is 1. The zero-order valence-electron chi connectivity index (χ0n) is 7.15. The van der Waals surface area contributed by atoms with Crippen LogP contribution in [0.4, 0.5) is 0 Å². The first-order valence-electron chi connectivity index (χ1n) is 3.44. The molecule has 0 aromatic rings. The number of rotatable bonds is 2. The lowest BCUT2D eigenvalue weighted by Gasteiger charge is -2.00. The highest BCUT2D eigenvalue weighted by atomic mass is 32.2. The van der Waals surface area contributed by atoms with Gasteiger partial charge in [0.1, 0.15) is 5.04 Å². The summed E-state index contributed by atoms with van der Waals surface area (Å²) >= 11 is 1.23. The summed E-state index contributed by atoms with van der Waals surface area (Å²) in [6.07, 6.45) is 1.40. The molecule has 0 fully saturated rings. The van der Waals surface area contributed by atoms with Crippen LogP contribution in [0, 0.1) is 0 Å². The first-order valence-corrected chi connectivity index (χ1v) is 4.25. The van der Waals surface area contributed by atoms with Gasteiger partial charge in [0, 0.05) is 6.20 Å². The van der Waals surface area contributed by atoms with Gasteiger partial charge in [0.25, 0.3) is 0 Å². The average Bonchev–Trinajstić information content (AvgIpc) is 2.46. The molecule has 0 aromatic carbocycles. The molecule has 70 valence electrons. The van der Waals surface area contributed by atoms with E-state index in [1.165, 1.54) is 25.1 Å². The van der Waals surface area contributed by atoms with Crippen LogP contribution in [0.25, 0.3) is 0 Å². The highest BCUT2D eigenvalue weighted by Crippen LogP contribution is 2.24. The molecule has 1 heterocycles. The van der Waals surface area contributed by atoms with Crippen molar-refractivity contribution < 1.29 is 4.74 Å². The topological polar surface area (TPSA) is 86.0 Å². The first kappa shape index (κ1) is 9.66. The van der Waals surface area contributed by atoms with Gasteiger partial charge in [-0.25, -0.2) is 9.98 Å². The monoisotopic (exact) mass is 198 g/mol. The van der Waals surface area contributed by atoms with Gasteiger partial charge in [0.15, 0.2) is 10.9 Å².